The molecule has 0 unspecified atom stereocenters. The number of esters is 1. The van der Waals surface area contributed by atoms with E-state index in [0.717, 1.165) is 16.0 Å². The highest BCUT2D eigenvalue weighted by Gasteiger charge is 2.18. The number of carbonyl (C=O) groups is 2. The zero-order chi connectivity index (χ0) is 23.1. The van der Waals surface area contributed by atoms with Crippen molar-refractivity contribution in [2.45, 2.75) is 20.0 Å². The number of methoxy groups -OCH3 is 2. The number of benzene rings is 2. The summed E-state index contributed by atoms with van der Waals surface area (Å²) in [4.78, 5) is 25.6. The molecule has 2 aromatic carbocycles. The Morgan fingerprint density at radius 2 is 1.75 bits per heavy atom. The predicted molar refractivity (Wildman–Crippen MR) is 128 cm³/mol. The summed E-state index contributed by atoms with van der Waals surface area (Å²) in [5.74, 6) is 0.352. The summed E-state index contributed by atoms with van der Waals surface area (Å²) in [6.45, 7) is 3.88. The number of carbonyl (C=O) groups excluding carboxylic acids is 2. The average Bonchev–Trinajstić information content (AvgIpc) is 3.21. The number of anilines is 1. The van der Waals surface area contributed by atoms with Gasteiger partial charge in [0.15, 0.2) is 11.5 Å². The van der Waals surface area contributed by atoms with Gasteiger partial charge in [-0.15, -0.1) is 11.3 Å². The first-order valence-electron chi connectivity index (χ1n) is 10.0. The first kappa shape index (κ1) is 23.1. The summed E-state index contributed by atoms with van der Waals surface area (Å²) >= 11 is 1.32. The Bertz CT molecular complexity index is 1120. The van der Waals surface area contributed by atoms with Gasteiger partial charge in [-0.25, -0.2) is 4.79 Å². The van der Waals surface area contributed by atoms with E-state index in [0.29, 0.717) is 22.1 Å². The molecule has 1 N–H and O–H groups in total. The lowest BCUT2D eigenvalue weighted by Crippen LogP contribution is -2.10. The molecule has 0 bridgehead atoms. The molecule has 0 saturated carbocycles. The standard InChI is InChI=1S/C25H25NO5S/c1-16(2)31-20-12-10-17(14-21(20)29-3)11-13-23(27)26-24-19(25(28)30-4)15-22(32-24)18-8-6-5-7-9-18/h5-16H,1-4H3,(H,26,27). The molecule has 0 aliphatic carbocycles. The van der Waals surface area contributed by atoms with Crippen LogP contribution in [-0.2, 0) is 9.53 Å². The summed E-state index contributed by atoms with van der Waals surface area (Å²) in [6, 6.07) is 16.8. The van der Waals surface area contributed by atoms with Gasteiger partial charge in [-0.2, -0.15) is 0 Å². The van der Waals surface area contributed by atoms with Gasteiger partial charge in [0.05, 0.1) is 25.9 Å². The maximum Gasteiger partial charge on any atom is 0.340 e. The molecule has 1 heterocycles. The molecule has 1 amide bonds. The zero-order valence-electron chi connectivity index (χ0n) is 18.4. The van der Waals surface area contributed by atoms with E-state index in [1.165, 1.54) is 24.5 Å². The van der Waals surface area contributed by atoms with Crippen LogP contribution in [0.2, 0.25) is 0 Å². The molecule has 3 aromatic rings. The Hall–Kier alpha value is -3.58. The monoisotopic (exact) mass is 451 g/mol. The van der Waals surface area contributed by atoms with Gasteiger partial charge < -0.3 is 19.5 Å². The summed E-state index contributed by atoms with van der Waals surface area (Å²) in [7, 11) is 2.88. The van der Waals surface area contributed by atoms with Gasteiger partial charge >= 0.3 is 5.97 Å². The van der Waals surface area contributed by atoms with Crippen LogP contribution in [0, 0.1) is 0 Å². The van der Waals surface area contributed by atoms with E-state index in [1.54, 1.807) is 31.4 Å². The SMILES string of the molecule is COC(=O)c1cc(-c2ccccc2)sc1NC(=O)C=Cc1ccc(OC(C)C)c(OC)c1. The van der Waals surface area contributed by atoms with E-state index in [9.17, 15) is 9.59 Å². The molecule has 1 aromatic heterocycles. The Balaban J connectivity index is 1.79. The molecule has 0 fully saturated rings. The highest BCUT2D eigenvalue weighted by atomic mass is 32.1. The first-order chi connectivity index (χ1) is 15.4. The number of hydrogen-bond acceptors (Lipinski definition) is 6. The van der Waals surface area contributed by atoms with Crippen LogP contribution in [0.5, 0.6) is 11.5 Å². The van der Waals surface area contributed by atoms with Crippen LogP contribution >= 0.6 is 11.3 Å². The van der Waals surface area contributed by atoms with E-state index in [4.69, 9.17) is 14.2 Å². The van der Waals surface area contributed by atoms with E-state index in [-0.39, 0.29) is 12.0 Å². The quantitative estimate of drug-likeness (QED) is 0.354. The number of nitrogens with one attached hydrogen (secondary N) is 1. The Morgan fingerprint density at radius 3 is 2.41 bits per heavy atom. The number of thiophene rings is 1. The first-order valence-corrected chi connectivity index (χ1v) is 10.8. The number of rotatable bonds is 8. The van der Waals surface area contributed by atoms with Gasteiger partial charge in [0.25, 0.3) is 0 Å². The average molecular weight is 452 g/mol. The fourth-order valence-corrected chi connectivity index (χ4v) is 4.01. The molecule has 0 radical (unpaired) electrons. The molecule has 166 valence electrons. The Morgan fingerprint density at radius 1 is 1.00 bits per heavy atom. The third-order valence-electron chi connectivity index (χ3n) is 4.41. The fraction of sp³-hybridized carbons (Fsp3) is 0.200. The van der Waals surface area contributed by atoms with Crippen molar-refractivity contribution >= 4 is 34.3 Å². The summed E-state index contributed by atoms with van der Waals surface area (Å²) in [5.41, 5.74) is 2.04. The maximum atomic E-state index is 12.6. The zero-order valence-corrected chi connectivity index (χ0v) is 19.2. The predicted octanol–water partition coefficient (Wildman–Crippen LogP) is 5.65. The second-order valence-corrected chi connectivity index (χ2v) is 8.16. The normalized spacial score (nSPS) is 10.9. The molecule has 0 atom stereocenters. The van der Waals surface area contributed by atoms with Gasteiger partial charge in [-0.3, -0.25) is 4.79 Å². The second kappa shape index (κ2) is 10.6. The van der Waals surface area contributed by atoms with E-state index >= 15 is 0 Å². The summed E-state index contributed by atoms with van der Waals surface area (Å²) in [6.07, 6.45) is 3.09. The van der Waals surface area contributed by atoms with Crippen LogP contribution in [0.3, 0.4) is 0 Å². The van der Waals surface area contributed by atoms with Crippen molar-refractivity contribution in [1.29, 1.82) is 0 Å². The van der Waals surface area contributed by atoms with Crippen molar-refractivity contribution in [3.63, 3.8) is 0 Å². The lowest BCUT2D eigenvalue weighted by molar-refractivity contribution is -0.111. The minimum atomic E-state index is -0.506. The van der Waals surface area contributed by atoms with Crippen LogP contribution < -0.4 is 14.8 Å². The lowest BCUT2D eigenvalue weighted by atomic mass is 10.1. The highest BCUT2D eigenvalue weighted by Crippen LogP contribution is 2.36. The van der Waals surface area contributed by atoms with Crippen molar-refractivity contribution in [3.05, 3.63) is 71.8 Å². The minimum absolute atomic E-state index is 0.0200. The van der Waals surface area contributed by atoms with Crippen molar-refractivity contribution in [3.8, 4) is 21.9 Å². The van der Waals surface area contributed by atoms with Gasteiger partial charge in [0.1, 0.15) is 5.00 Å². The molecule has 6 nitrogen and oxygen atoms in total. The van der Waals surface area contributed by atoms with Crippen LogP contribution in [0.25, 0.3) is 16.5 Å². The maximum absolute atomic E-state index is 12.6. The van der Waals surface area contributed by atoms with Crippen molar-refractivity contribution in [1.82, 2.24) is 0 Å². The third kappa shape index (κ3) is 5.76. The highest BCUT2D eigenvalue weighted by molar-refractivity contribution is 7.20. The Labute approximate surface area is 191 Å². The lowest BCUT2D eigenvalue weighted by Gasteiger charge is -2.13. The molecule has 0 saturated heterocycles. The summed E-state index contributed by atoms with van der Waals surface area (Å²) < 4.78 is 16.0. The van der Waals surface area contributed by atoms with Crippen molar-refractivity contribution in [2.75, 3.05) is 19.5 Å². The molecule has 0 aliphatic heterocycles. The van der Waals surface area contributed by atoms with Crippen LogP contribution in [0.15, 0.2) is 60.7 Å². The molecule has 0 aliphatic rings. The third-order valence-corrected chi connectivity index (χ3v) is 5.51. The van der Waals surface area contributed by atoms with Crippen molar-refractivity contribution in [2.24, 2.45) is 0 Å². The fourth-order valence-electron chi connectivity index (χ4n) is 2.95. The molecule has 0 spiro atoms. The smallest absolute Gasteiger partial charge is 0.340 e. The van der Waals surface area contributed by atoms with Gasteiger partial charge in [0, 0.05) is 11.0 Å². The van der Waals surface area contributed by atoms with E-state index in [1.807, 2.05) is 50.2 Å². The van der Waals surface area contributed by atoms with Gasteiger partial charge in [-0.05, 0) is 49.2 Å². The topological polar surface area (TPSA) is 73.9 Å². The van der Waals surface area contributed by atoms with Crippen LogP contribution in [-0.4, -0.2) is 32.2 Å². The van der Waals surface area contributed by atoms with Gasteiger partial charge in [-0.1, -0.05) is 36.4 Å². The largest absolute Gasteiger partial charge is 0.493 e. The van der Waals surface area contributed by atoms with E-state index < -0.39 is 5.97 Å². The van der Waals surface area contributed by atoms with Gasteiger partial charge in [0.2, 0.25) is 5.91 Å². The van der Waals surface area contributed by atoms with Crippen LogP contribution in [0.4, 0.5) is 5.00 Å². The van der Waals surface area contributed by atoms with Crippen molar-refractivity contribution < 1.29 is 23.8 Å². The molecule has 3 rings (SSSR count). The summed E-state index contributed by atoms with van der Waals surface area (Å²) in [5, 5.41) is 3.22. The molecule has 7 heteroatoms. The minimum Gasteiger partial charge on any atom is -0.493 e. The number of ether oxygens (including phenoxy) is 3. The van der Waals surface area contributed by atoms with E-state index in [2.05, 4.69) is 5.32 Å². The molecule has 32 heavy (non-hydrogen) atoms. The molecular weight excluding hydrogens is 426 g/mol. The number of amides is 1. The molecular formula is C25H25NO5S. The second-order valence-electron chi connectivity index (χ2n) is 7.11. The van der Waals surface area contributed by atoms with Crippen LogP contribution in [0.1, 0.15) is 29.8 Å². The Kier molecular flexibility index (Phi) is 7.68. The number of hydrogen-bond donors (Lipinski definition) is 1.